The Morgan fingerprint density at radius 1 is 1.10 bits per heavy atom. The van der Waals surface area contributed by atoms with Crippen LogP contribution in [0.15, 0.2) is 24.3 Å². The summed E-state index contributed by atoms with van der Waals surface area (Å²) in [5.41, 5.74) is 6.77. The van der Waals surface area contributed by atoms with Gasteiger partial charge >= 0.3 is 0 Å². The van der Waals surface area contributed by atoms with Crippen molar-refractivity contribution >= 4 is 5.91 Å². The highest BCUT2D eigenvalue weighted by molar-refractivity contribution is 5.96. The van der Waals surface area contributed by atoms with E-state index in [-0.39, 0.29) is 17.9 Å². The highest BCUT2D eigenvalue weighted by atomic mass is 16.5. The van der Waals surface area contributed by atoms with Crippen molar-refractivity contribution in [3.8, 4) is 5.75 Å². The first-order chi connectivity index (χ1) is 14.8. The molecule has 3 unspecified atom stereocenters. The Bertz CT molecular complexity index is 625. The van der Waals surface area contributed by atoms with Gasteiger partial charge in [0.15, 0.2) is 0 Å². The lowest BCUT2D eigenvalue weighted by atomic mass is 9.87. The maximum absolute atomic E-state index is 12.8. The van der Waals surface area contributed by atoms with Crippen molar-refractivity contribution in [3.63, 3.8) is 0 Å². The summed E-state index contributed by atoms with van der Waals surface area (Å²) in [5, 5.41) is 16.6. The molecule has 7 heteroatoms. The summed E-state index contributed by atoms with van der Waals surface area (Å²) >= 11 is 0. The quantitative estimate of drug-likeness (QED) is 0.296. The molecule has 31 heavy (non-hydrogen) atoms. The van der Waals surface area contributed by atoms with E-state index in [1.807, 2.05) is 32.0 Å². The normalized spacial score (nSPS) is 14.5. The summed E-state index contributed by atoms with van der Waals surface area (Å²) in [4.78, 5) is 12.8. The average Bonchev–Trinajstić information content (AvgIpc) is 2.74. The molecule has 7 nitrogen and oxygen atoms in total. The van der Waals surface area contributed by atoms with Gasteiger partial charge < -0.3 is 30.9 Å². The molecule has 0 aliphatic heterocycles. The number of rotatable bonds is 16. The van der Waals surface area contributed by atoms with Gasteiger partial charge in [0.2, 0.25) is 0 Å². The van der Waals surface area contributed by atoms with Crippen LogP contribution in [0, 0.1) is 11.8 Å². The summed E-state index contributed by atoms with van der Waals surface area (Å²) in [6, 6.07) is 7.24. The van der Waals surface area contributed by atoms with Crippen molar-refractivity contribution in [3.05, 3.63) is 29.8 Å². The molecule has 3 atom stereocenters. The molecular weight excluding hydrogens is 394 g/mol. The third-order valence-electron chi connectivity index (χ3n) is 5.40. The lowest BCUT2D eigenvalue weighted by Gasteiger charge is -2.28. The number of ether oxygens (including phenoxy) is 2. The topological polar surface area (TPSA) is 106 Å². The Morgan fingerprint density at radius 2 is 1.77 bits per heavy atom. The second-order valence-corrected chi connectivity index (χ2v) is 8.79. The summed E-state index contributed by atoms with van der Waals surface area (Å²) in [7, 11) is 1.68. The standard InChI is InChI=1S/C24H43N3O4/c1-17(2)19(14-21(25)22(28)16-26-18(3)4)15-27-24(29)20-10-6-7-11-23(20)31-13-9-8-12-30-5/h6-7,10-11,17-19,21-22,26,28H,8-9,12-16,25H2,1-5H3,(H,27,29). The van der Waals surface area contributed by atoms with Crippen molar-refractivity contribution in [1.82, 2.24) is 10.6 Å². The second-order valence-electron chi connectivity index (χ2n) is 8.79. The zero-order chi connectivity index (χ0) is 23.2. The second kappa shape index (κ2) is 15.2. The Labute approximate surface area is 188 Å². The fraction of sp³-hybridized carbons (Fsp3) is 0.708. The van der Waals surface area contributed by atoms with Crippen molar-refractivity contribution in [2.75, 3.05) is 33.4 Å². The summed E-state index contributed by atoms with van der Waals surface area (Å²) in [6.07, 6.45) is 1.80. The number of hydrogen-bond donors (Lipinski definition) is 4. The first-order valence-electron chi connectivity index (χ1n) is 11.4. The number of carbonyl (C=O) groups is 1. The Kier molecular flexibility index (Phi) is 13.4. The number of aliphatic hydroxyl groups is 1. The van der Waals surface area contributed by atoms with Gasteiger partial charge in [-0.2, -0.15) is 0 Å². The van der Waals surface area contributed by atoms with Crippen LogP contribution in [0.1, 0.15) is 57.3 Å². The third-order valence-corrected chi connectivity index (χ3v) is 5.40. The maximum Gasteiger partial charge on any atom is 0.255 e. The van der Waals surface area contributed by atoms with E-state index in [9.17, 15) is 9.90 Å². The lowest BCUT2D eigenvalue weighted by Crippen LogP contribution is -2.46. The van der Waals surface area contributed by atoms with E-state index in [1.165, 1.54) is 0 Å². The van der Waals surface area contributed by atoms with Crippen LogP contribution in [0.5, 0.6) is 5.75 Å². The van der Waals surface area contributed by atoms with Crippen LogP contribution in [0.2, 0.25) is 0 Å². The molecule has 0 saturated carbocycles. The van der Waals surface area contributed by atoms with Gasteiger partial charge in [0, 0.05) is 38.9 Å². The summed E-state index contributed by atoms with van der Waals surface area (Å²) in [5.74, 6) is 0.915. The van der Waals surface area contributed by atoms with Crippen LogP contribution in [-0.4, -0.2) is 62.6 Å². The van der Waals surface area contributed by atoms with Gasteiger partial charge in [-0.3, -0.25) is 4.79 Å². The predicted octanol–water partition coefficient (Wildman–Crippen LogP) is 2.57. The van der Waals surface area contributed by atoms with Crippen LogP contribution in [0.4, 0.5) is 0 Å². The van der Waals surface area contributed by atoms with E-state index in [0.717, 1.165) is 12.8 Å². The van der Waals surface area contributed by atoms with Gasteiger partial charge in [-0.05, 0) is 43.2 Å². The smallest absolute Gasteiger partial charge is 0.255 e. The number of hydrogen-bond acceptors (Lipinski definition) is 6. The highest BCUT2D eigenvalue weighted by Crippen LogP contribution is 2.20. The molecule has 0 saturated heterocycles. The van der Waals surface area contributed by atoms with E-state index in [2.05, 4.69) is 24.5 Å². The number of aliphatic hydroxyl groups excluding tert-OH is 1. The molecule has 1 amide bonds. The number of benzene rings is 1. The first-order valence-corrected chi connectivity index (χ1v) is 11.4. The van der Waals surface area contributed by atoms with Gasteiger partial charge in [-0.1, -0.05) is 39.8 Å². The molecule has 1 aromatic carbocycles. The molecular formula is C24H43N3O4. The maximum atomic E-state index is 12.8. The van der Waals surface area contributed by atoms with Gasteiger partial charge in [0.05, 0.1) is 18.3 Å². The minimum Gasteiger partial charge on any atom is -0.493 e. The predicted molar refractivity (Wildman–Crippen MR) is 125 cm³/mol. The van der Waals surface area contributed by atoms with Crippen LogP contribution >= 0.6 is 0 Å². The number of amides is 1. The fourth-order valence-corrected chi connectivity index (χ4v) is 3.24. The molecule has 0 aliphatic rings. The minimum absolute atomic E-state index is 0.159. The van der Waals surface area contributed by atoms with E-state index < -0.39 is 6.10 Å². The number of unbranched alkanes of at least 4 members (excludes halogenated alkanes) is 1. The Morgan fingerprint density at radius 3 is 2.42 bits per heavy atom. The van der Waals surface area contributed by atoms with Crippen LogP contribution in [-0.2, 0) is 4.74 Å². The number of carbonyl (C=O) groups excluding carboxylic acids is 1. The SMILES string of the molecule is COCCCCOc1ccccc1C(=O)NCC(CC(N)C(O)CNC(C)C)C(C)C. The van der Waals surface area contributed by atoms with Crippen molar-refractivity contribution < 1.29 is 19.4 Å². The molecule has 0 bridgehead atoms. The molecule has 5 N–H and O–H groups in total. The molecule has 0 aromatic heterocycles. The molecule has 1 rings (SSSR count). The van der Waals surface area contributed by atoms with Gasteiger partial charge in [0.25, 0.3) is 5.91 Å². The van der Waals surface area contributed by atoms with Crippen LogP contribution < -0.4 is 21.1 Å². The molecule has 1 aromatic rings. The van der Waals surface area contributed by atoms with E-state index in [0.29, 0.717) is 56.0 Å². The summed E-state index contributed by atoms with van der Waals surface area (Å²) < 4.78 is 10.9. The number of nitrogens with two attached hydrogens (primary N) is 1. The zero-order valence-corrected chi connectivity index (χ0v) is 19.9. The minimum atomic E-state index is -0.619. The number of methoxy groups -OCH3 is 1. The van der Waals surface area contributed by atoms with E-state index in [1.54, 1.807) is 13.2 Å². The molecule has 0 spiro atoms. The Hall–Kier alpha value is -1.67. The molecule has 178 valence electrons. The van der Waals surface area contributed by atoms with E-state index in [4.69, 9.17) is 15.2 Å². The lowest BCUT2D eigenvalue weighted by molar-refractivity contribution is 0.0926. The largest absolute Gasteiger partial charge is 0.493 e. The highest BCUT2D eigenvalue weighted by Gasteiger charge is 2.23. The van der Waals surface area contributed by atoms with E-state index >= 15 is 0 Å². The Balaban J connectivity index is 2.61. The van der Waals surface area contributed by atoms with Gasteiger partial charge in [-0.25, -0.2) is 0 Å². The molecule has 0 fully saturated rings. The zero-order valence-electron chi connectivity index (χ0n) is 19.9. The fourth-order valence-electron chi connectivity index (χ4n) is 3.24. The van der Waals surface area contributed by atoms with Crippen molar-refractivity contribution in [1.29, 1.82) is 0 Å². The third kappa shape index (κ3) is 11.0. The van der Waals surface area contributed by atoms with Gasteiger partial charge in [0.1, 0.15) is 5.75 Å². The van der Waals surface area contributed by atoms with Gasteiger partial charge in [-0.15, -0.1) is 0 Å². The first kappa shape index (κ1) is 27.4. The monoisotopic (exact) mass is 437 g/mol. The number of nitrogens with one attached hydrogen (secondary N) is 2. The number of para-hydroxylation sites is 1. The molecule has 0 aliphatic carbocycles. The van der Waals surface area contributed by atoms with Crippen LogP contribution in [0.3, 0.4) is 0 Å². The average molecular weight is 438 g/mol. The van der Waals surface area contributed by atoms with Crippen molar-refractivity contribution in [2.45, 2.75) is 65.1 Å². The van der Waals surface area contributed by atoms with Crippen molar-refractivity contribution in [2.24, 2.45) is 17.6 Å². The summed E-state index contributed by atoms with van der Waals surface area (Å²) in [6.45, 7) is 10.5. The molecule has 0 radical (unpaired) electrons. The molecule has 0 heterocycles. The van der Waals surface area contributed by atoms with Crippen LogP contribution in [0.25, 0.3) is 0 Å².